The van der Waals surface area contributed by atoms with Crippen LogP contribution in [0, 0.1) is 5.82 Å². The third-order valence-electron chi connectivity index (χ3n) is 3.45. The molecule has 0 aliphatic carbocycles. The summed E-state index contributed by atoms with van der Waals surface area (Å²) in [6.45, 7) is 4.15. The van der Waals surface area contributed by atoms with Crippen molar-refractivity contribution in [1.82, 2.24) is 0 Å². The van der Waals surface area contributed by atoms with E-state index in [0.29, 0.717) is 0 Å². The topological polar surface area (TPSA) is 35.5 Å². The van der Waals surface area contributed by atoms with Gasteiger partial charge in [0, 0.05) is 6.42 Å². The fourth-order valence-electron chi connectivity index (χ4n) is 2.57. The van der Waals surface area contributed by atoms with E-state index in [-0.39, 0.29) is 42.9 Å². The molecule has 1 heterocycles. The molecular formula is C16H21FO3. The van der Waals surface area contributed by atoms with Gasteiger partial charge in [0.05, 0.1) is 18.3 Å². The molecule has 1 aromatic rings. The molecular weight excluding hydrogens is 259 g/mol. The second kappa shape index (κ2) is 6.95. The van der Waals surface area contributed by atoms with Crippen LogP contribution in [0.4, 0.5) is 4.39 Å². The molecule has 0 aromatic heterocycles. The van der Waals surface area contributed by atoms with Crippen molar-refractivity contribution < 1.29 is 18.7 Å². The summed E-state index contributed by atoms with van der Waals surface area (Å²) in [4.78, 5) is 11.9. The minimum atomic E-state index is -0.289. The lowest BCUT2D eigenvalue weighted by atomic mass is 10.0. The maximum Gasteiger partial charge on any atom is 0.162 e. The van der Waals surface area contributed by atoms with Crippen LogP contribution in [0.2, 0.25) is 0 Å². The Morgan fingerprint density at radius 3 is 2.45 bits per heavy atom. The Morgan fingerprint density at radius 2 is 1.85 bits per heavy atom. The van der Waals surface area contributed by atoms with E-state index in [2.05, 4.69) is 0 Å². The van der Waals surface area contributed by atoms with Crippen molar-refractivity contribution >= 4 is 5.78 Å². The maximum atomic E-state index is 12.8. The van der Waals surface area contributed by atoms with Crippen LogP contribution in [0.15, 0.2) is 24.3 Å². The van der Waals surface area contributed by atoms with E-state index in [1.807, 2.05) is 13.8 Å². The first-order chi connectivity index (χ1) is 9.52. The molecule has 2 atom stereocenters. The number of halogens is 1. The van der Waals surface area contributed by atoms with Crippen LogP contribution >= 0.6 is 0 Å². The molecule has 0 N–H and O–H groups in total. The Labute approximate surface area is 119 Å². The van der Waals surface area contributed by atoms with Gasteiger partial charge < -0.3 is 9.47 Å². The van der Waals surface area contributed by atoms with Gasteiger partial charge in [0.1, 0.15) is 12.4 Å². The van der Waals surface area contributed by atoms with Crippen LogP contribution in [-0.4, -0.2) is 30.7 Å². The van der Waals surface area contributed by atoms with Gasteiger partial charge in [0.25, 0.3) is 0 Å². The maximum absolute atomic E-state index is 12.8. The molecule has 1 aliphatic rings. The van der Waals surface area contributed by atoms with Crippen molar-refractivity contribution in [1.29, 1.82) is 0 Å². The van der Waals surface area contributed by atoms with Crippen molar-refractivity contribution in [2.45, 2.75) is 51.4 Å². The number of rotatable bonds is 5. The molecule has 1 fully saturated rings. The minimum Gasteiger partial charge on any atom is -0.375 e. The number of Topliss-reactive ketones (excluding diaryl/α,β-unsaturated/α-hetero) is 1. The molecule has 20 heavy (non-hydrogen) atoms. The summed E-state index contributed by atoms with van der Waals surface area (Å²) >= 11 is 0. The van der Waals surface area contributed by atoms with Crippen molar-refractivity contribution in [2.75, 3.05) is 6.61 Å². The van der Waals surface area contributed by atoms with Gasteiger partial charge in [-0.25, -0.2) is 4.39 Å². The predicted molar refractivity (Wildman–Crippen MR) is 74.1 cm³/mol. The normalized spacial score (nSPS) is 26.4. The highest BCUT2D eigenvalue weighted by atomic mass is 19.1. The number of hydrogen-bond donors (Lipinski definition) is 0. The van der Waals surface area contributed by atoms with Crippen molar-refractivity contribution in [3.8, 4) is 0 Å². The van der Waals surface area contributed by atoms with E-state index in [0.717, 1.165) is 18.4 Å². The number of benzene rings is 1. The van der Waals surface area contributed by atoms with Crippen molar-refractivity contribution in [3.05, 3.63) is 35.6 Å². The highest BCUT2D eigenvalue weighted by Crippen LogP contribution is 2.21. The number of ether oxygens (including phenoxy) is 2. The Kier molecular flexibility index (Phi) is 5.26. The van der Waals surface area contributed by atoms with Crippen LogP contribution in [-0.2, 0) is 20.7 Å². The molecule has 0 bridgehead atoms. The molecule has 2 rings (SSSR count). The van der Waals surface area contributed by atoms with E-state index in [1.54, 1.807) is 12.1 Å². The van der Waals surface area contributed by atoms with Gasteiger partial charge in [-0.05, 0) is 44.4 Å². The number of carbonyl (C=O) groups is 1. The third-order valence-corrected chi connectivity index (χ3v) is 3.45. The molecule has 2 unspecified atom stereocenters. The van der Waals surface area contributed by atoms with E-state index in [9.17, 15) is 9.18 Å². The SMILES string of the molecule is CC1CC(OCC(=O)Cc2ccc(F)cc2)CC(C)O1. The molecule has 110 valence electrons. The van der Waals surface area contributed by atoms with Gasteiger partial charge >= 0.3 is 0 Å². The lowest BCUT2D eigenvalue weighted by Gasteiger charge is -2.31. The minimum absolute atomic E-state index is 0.0170. The average molecular weight is 280 g/mol. The van der Waals surface area contributed by atoms with E-state index in [1.165, 1.54) is 12.1 Å². The Balaban J connectivity index is 1.76. The van der Waals surface area contributed by atoms with E-state index >= 15 is 0 Å². The first-order valence-corrected chi connectivity index (χ1v) is 7.06. The van der Waals surface area contributed by atoms with Crippen LogP contribution < -0.4 is 0 Å². The zero-order valence-corrected chi connectivity index (χ0v) is 12.0. The standard InChI is InChI=1S/C16H21FO3/c1-11-7-16(8-12(2)20-11)19-10-15(18)9-13-3-5-14(17)6-4-13/h3-6,11-12,16H,7-10H2,1-2H3. The first-order valence-electron chi connectivity index (χ1n) is 7.06. The molecule has 1 saturated heterocycles. The summed E-state index contributed by atoms with van der Waals surface area (Å²) in [7, 11) is 0. The van der Waals surface area contributed by atoms with Gasteiger partial charge in [-0.15, -0.1) is 0 Å². The molecule has 3 nitrogen and oxygen atoms in total. The second-order valence-electron chi connectivity index (χ2n) is 5.50. The fraction of sp³-hybridized carbons (Fsp3) is 0.562. The molecule has 1 aromatic carbocycles. The molecule has 1 aliphatic heterocycles. The van der Waals surface area contributed by atoms with Gasteiger partial charge in [-0.1, -0.05) is 12.1 Å². The average Bonchev–Trinajstić information content (AvgIpc) is 2.38. The van der Waals surface area contributed by atoms with Gasteiger partial charge in [-0.2, -0.15) is 0 Å². The largest absolute Gasteiger partial charge is 0.375 e. The highest BCUT2D eigenvalue weighted by Gasteiger charge is 2.25. The Bertz CT molecular complexity index is 434. The van der Waals surface area contributed by atoms with Gasteiger partial charge in [0.2, 0.25) is 0 Å². The van der Waals surface area contributed by atoms with E-state index in [4.69, 9.17) is 9.47 Å². The summed E-state index contributed by atoms with van der Waals surface area (Å²) in [6.07, 6.45) is 2.38. The first kappa shape index (κ1) is 15.1. The summed E-state index contributed by atoms with van der Waals surface area (Å²) < 4.78 is 24.1. The van der Waals surface area contributed by atoms with Gasteiger partial charge in [-0.3, -0.25) is 4.79 Å². The fourth-order valence-corrected chi connectivity index (χ4v) is 2.57. The summed E-state index contributed by atoms with van der Waals surface area (Å²) in [6, 6.07) is 5.99. The second-order valence-corrected chi connectivity index (χ2v) is 5.50. The number of hydrogen-bond acceptors (Lipinski definition) is 3. The predicted octanol–water partition coefficient (Wildman–Crippen LogP) is 2.91. The Hall–Kier alpha value is -1.26. The lowest BCUT2D eigenvalue weighted by molar-refractivity contribution is -0.133. The summed E-state index contributed by atoms with van der Waals surface area (Å²) in [5.41, 5.74) is 0.814. The van der Waals surface area contributed by atoms with Crippen LogP contribution in [0.1, 0.15) is 32.3 Å². The Morgan fingerprint density at radius 1 is 1.25 bits per heavy atom. The lowest BCUT2D eigenvalue weighted by Crippen LogP contribution is -2.35. The molecule has 4 heteroatoms. The van der Waals surface area contributed by atoms with E-state index < -0.39 is 0 Å². The van der Waals surface area contributed by atoms with Crippen molar-refractivity contribution in [2.24, 2.45) is 0 Å². The summed E-state index contributed by atoms with van der Waals surface area (Å²) in [5, 5.41) is 0. The smallest absolute Gasteiger partial charge is 0.162 e. The molecule has 0 spiro atoms. The zero-order chi connectivity index (χ0) is 14.5. The van der Waals surface area contributed by atoms with Crippen LogP contribution in [0.25, 0.3) is 0 Å². The molecule has 0 radical (unpaired) electrons. The molecule has 0 saturated carbocycles. The van der Waals surface area contributed by atoms with Crippen LogP contribution in [0.3, 0.4) is 0 Å². The third kappa shape index (κ3) is 4.69. The monoisotopic (exact) mass is 280 g/mol. The van der Waals surface area contributed by atoms with Crippen LogP contribution in [0.5, 0.6) is 0 Å². The van der Waals surface area contributed by atoms with Crippen molar-refractivity contribution in [3.63, 3.8) is 0 Å². The summed E-state index contributed by atoms with van der Waals surface area (Å²) in [5.74, 6) is -0.272. The highest BCUT2D eigenvalue weighted by molar-refractivity contribution is 5.82. The number of carbonyl (C=O) groups excluding carboxylic acids is 1. The molecule has 0 amide bonds. The quantitative estimate of drug-likeness (QED) is 0.832. The van der Waals surface area contributed by atoms with Gasteiger partial charge in [0.15, 0.2) is 5.78 Å². The number of ketones is 1. The zero-order valence-electron chi connectivity index (χ0n) is 12.0.